The van der Waals surface area contributed by atoms with Crippen LogP contribution in [-0.4, -0.2) is 30.3 Å². The van der Waals surface area contributed by atoms with Gasteiger partial charge in [-0.05, 0) is 36.8 Å². The third-order valence-electron chi connectivity index (χ3n) is 4.03. The number of carbonyl (C=O) groups is 2. The Morgan fingerprint density at radius 1 is 1.20 bits per heavy atom. The van der Waals surface area contributed by atoms with Crippen LogP contribution in [0.2, 0.25) is 0 Å². The Kier molecular flexibility index (Phi) is 4.95. The highest BCUT2D eigenvalue weighted by Gasteiger charge is 2.36. The van der Waals surface area contributed by atoms with E-state index >= 15 is 0 Å². The molecular weight excluding hydrogens is 318 g/mol. The molecule has 0 fully saturated rings. The Morgan fingerprint density at radius 2 is 2.00 bits per heavy atom. The van der Waals surface area contributed by atoms with Gasteiger partial charge in [0.2, 0.25) is 6.41 Å². The number of nitrogens with one attached hydrogen (secondary N) is 1. The van der Waals surface area contributed by atoms with Crippen molar-refractivity contribution in [3.8, 4) is 17.6 Å². The van der Waals surface area contributed by atoms with Crippen molar-refractivity contribution in [3.63, 3.8) is 0 Å². The normalized spacial score (nSPS) is 15.4. The van der Waals surface area contributed by atoms with Gasteiger partial charge in [-0.1, -0.05) is 18.2 Å². The van der Waals surface area contributed by atoms with Crippen LogP contribution in [0.4, 0.5) is 0 Å². The zero-order valence-corrected chi connectivity index (χ0v) is 13.5. The lowest BCUT2D eigenvalue weighted by atomic mass is 10.1. The molecule has 0 spiro atoms. The average Bonchev–Trinajstić information content (AvgIpc) is 2.90. The maximum absolute atomic E-state index is 12.5. The molecule has 2 aromatic rings. The first-order valence-corrected chi connectivity index (χ1v) is 7.99. The molecule has 6 nitrogen and oxygen atoms in total. The van der Waals surface area contributed by atoms with E-state index < -0.39 is 6.04 Å². The van der Waals surface area contributed by atoms with Gasteiger partial charge in [-0.2, -0.15) is 5.26 Å². The summed E-state index contributed by atoms with van der Waals surface area (Å²) in [7, 11) is 0. The molecule has 25 heavy (non-hydrogen) atoms. The Morgan fingerprint density at radius 3 is 2.72 bits per heavy atom. The number of nitrogens with zero attached hydrogens (tertiary/aromatic N) is 2. The quantitative estimate of drug-likeness (QED) is 0.623. The van der Waals surface area contributed by atoms with Gasteiger partial charge in [0.05, 0.1) is 6.07 Å². The van der Waals surface area contributed by atoms with Gasteiger partial charge in [0.25, 0.3) is 5.91 Å². The van der Waals surface area contributed by atoms with Crippen LogP contribution < -0.4 is 10.1 Å². The highest BCUT2D eigenvalue weighted by molar-refractivity contribution is 5.99. The minimum atomic E-state index is -0.641. The molecule has 1 aliphatic rings. The van der Waals surface area contributed by atoms with Crippen LogP contribution in [0.15, 0.2) is 48.5 Å². The number of benzene rings is 2. The topological polar surface area (TPSA) is 82.4 Å². The monoisotopic (exact) mass is 335 g/mol. The summed E-state index contributed by atoms with van der Waals surface area (Å²) in [5, 5.41) is 12.1. The standard InChI is InChI=1S/C19H17N3O3/c20-12-18-17-11-15(25-14-5-2-1-3-6-14)7-8-16(17)19(24)22(18)10-4-9-21-13-23/h1-3,5-8,11,13,18H,4,9-10H2,(H,21,23). The first-order chi connectivity index (χ1) is 12.2. The van der Waals surface area contributed by atoms with Crippen molar-refractivity contribution in [2.45, 2.75) is 12.5 Å². The number of rotatable bonds is 7. The summed E-state index contributed by atoms with van der Waals surface area (Å²) in [6, 6.07) is 16.1. The summed E-state index contributed by atoms with van der Waals surface area (Å²) in [4.78, 5) is 24.4. The van der Waals surface area contributed by atoms with Crippen molar-refractivity contribution in [1.82, 2.24) is 10.2 Å². The van der Waals surface area contributed by atoms with Gasteiger partial charge in [0.1, 0.15) is 17.5 Å². The lowest BCUT2D eigenvalue weighted by Gasteiger charge is -2.19. The van der Waals surface area contributed by atoms with Crippen LogP contribution in [0.5, 0.6) is 11.5 Å². The lowest BCUT2D eigenvalue weighted by molar-refractivity contribution is -0.109. The van der Waals surface area contributed by atoms with Gasteiger partial charge >= 0.3 is 0 Å². The van der Waals surface area contributed by atoms with Gasteiger partial charge in [-0.15, -0.1) is 0 Å². The van der Waals surface area contributed by atoms with Crippen LogP contribution in [0, 0.1) is 11.3 Å². The van der Waals surface area contributed by atoms with E-state index in [-0.39, 0.29) is 5.91 Å². The fraction of sp³-hybridized carbons (Fsp3) is 0.211. The predicted molar refractivity (Wildman–Crippen MR) is 91.0 cm³/mol. The summed E-state index contributed by atoms with van der Waals surface area (Å²) in [5.41, 5.74) is 1.18. The molecular formula is C19H17N3O3. The second-order valence-electron chi connectivity index (χ2n) is 5.62. The molecule has 1 heterocycles. The van der Waals surface area contributed by atoms with E-state index in [1.165, 1.54) is 4.90 Å². The number of hydrogen-bond donors (Lipinski definition) is 1. The number of ether oxygens (including phenoxy) is 1. The minimum absolute atomic E-state index is 0.168. The SMILES string of the molecule is N#CC1c2cc(Oc3ccccc3)ccc2C(=O)N1CCCNC=O. The maximum atomic E-state index is 12.5. The summed E-state index contributed by atoms with van der Waals surface area (Å²) in [6.07, 6.45) is 1.21. The zero-order chi connectivity index (χ0) is 17.6. The number of hydrogen-bond acceptors (Lipinski definition) is 4. The Balaban J connectivity index is 1.79. The molecule has 6 heteroatoms. The predicted octanol–water partition coefficient (Wildman–Crippen LogP) is 2.64. The maximum Gasteiger partial charge on any atom is 0.255 e. The molecule has 2 amide bonds. The number of carbonyl (C=O) groups excluding carboxylic acids is 2. The Labute approximate surface area is 145 Å². The van der Waals surface area contributed by atoms with Gasteiger partial charge in [-0.3, -0.25) is 9.59 Å². The highest BCUT2D eigenvalue weighted by Crippen LogP contribution is 2.36. The molecule has 0 radical (unpaired) electrons. The second-order valence-corrected chi connectivity index (χ2v) is 5.62. The molecule has 1 aliphatic heterocycles. The van der Waals surface area contributed by atoms with E-state index in [4.69, 9.17) is 4.74 Å². The second kappa shape index (κ2) is 7.49. The van der Waals surface area contributed by atoms with Crippen LogP contribution in [0.1, 0.15) is 28.4 Å². The third kappa shape index (κ3) is 3.45. The van der Waals surface area contributed by atoms with E-state index in [1.807, 2.05) is 30.3 Å². The van der Waals surface area contributed by atoms with E-state index in [2.05, 4.69) is 11.4 Å². The fourth-order valence-corrected chi connectivity index (χ4v) is 2.87. The van der Waals surface area contributed by atoms with Crippen molar-refractivity contribution >= 4 is 12.3 Å². The van der Waals surface area contributed by atoms with Crippen LogP contribution in [0.3, 0.4) is 0 Å². The smallest absolute Gasteiger partial charge is 0.255 e. The molecule has 126 valence electrons. The van der Waals surface area contributed by atoms with Crippen LogP contribution in [-0.2, 0) is 4.79 Å². The van der Waals surface area contributed by atoms with Gasteiger partial charge < -0.3 is 15.0 Å². The molecule has 1 atom stereocenters. The number of fused-ring (bicyclic) bond motifs is 1. The molecule has 0 saturated heterocycles. The molecule has 0 saturated carbocycles. The summed E-state index contributed by atoms with van der Waals surface area (Å²) in [5.74, 6) is 1.11. The Hall–Kier alpha value is -3.33. The molecule has 2 aromatic carbocycles. The molecule has 0 aromatic heterocycles. The lowest BCUT2D eigenvalue weighted by Crippen LogP contribution is -2.30. The first kappa shape index (κ1) is 16.5. The van der Waals surface area contributed by atoms with E-state index in [9.17, 15) is 14.9 Å². The summed E-state index contributed by atoms with van der Waals surface area (Å²) >= 11 is 0. The van der Waals surface area contributed by atoms with Gasteiger partial charge in [-0.25, -0.2) is 0 Å². The van der Waals surface area contributed by atoms with Gasteiger partial charge in [0, 0.05) is 24.2 Å². The van der Waals surface area contributed by atoms with Crippen molar-refractivity contribution < 1.29 is 14.3 Å². The van der Waals surface area contributed by atoms with E-state index in [1.54, 1.807) is 18.2 Å². The molecule has 0 aliphatic carbocycles. The molecule has 0 bridgehead atoms. The van der Waals surface area contributed by atoms with E-state index in [0.717, 1.165) is 0 Å². The van der Waals surface area contributed by atoms with Crippen LogP contribution in [0.25, 0.3) is 0 Å². The van der Waals surface area contributed by atoms with Crippen molar-refractivity contribution in [3.05, 3.63) is 59.7 Å². The summed E-state index contributed by atoms with van der Waals surface area (Å²) < 4.78 is 5.79. The molecule has 1 N–H and O–H groups in total. The molecule has 1 unspecified atom stereocenters. The molecule has 3 rings (SSSR count). The van der Waals surface area contributed by atoms with Crippen LogP contribution >= 0.6 is 0 Å². The largest absolute Gasteiger partial charge is 0.457 e. The number of para-hydroxylation sites is 1. The van der Waals surface area contributed by atoms with Crippen molar-refractivity contribution in [2.75, 3.05) is 13.1 Å². The highest BCUT2D eigenvalue weighted by atomic mass is 16.5. The van der Waals surface area contributed by atoms with Crippen molar-refractivity contribution in [2.24, 2.45) is 0 Å². The average molecular weight is 335 g/mol. The summed E-state index contributed by atoms with van der Waals surface area (Å²) in [6.45, 7) is 0.867. The number of amides is 2. The van der Waals surface area contributed by atoms with Crippen molar-refractivity contribution in [1.29, 1.82) is 5.26 Å². The third-order valence-corrected chi connectivity index (χ3v) is 4.03. The number of nitriles is 1. The Bertz CT molecular complexity index is 814. The first-order valence-electron chi connectivity index (χ1n) is 7.99. The zero-order valence-electron chi connectivity index (χ0n) is 13.5. The van der Waals surface area contributed by atoms with Gasteiger partial charge in [0.15, 0.2) is 0 Å². The minimum Gasteiger partial charge on any atom is -0.457 e. The fourth-order valence-electron chi connectivity index (χ4n) is 2.87. The van der Waals surface area contributed by atoms with E-state index in [0.29, 0.717) is 48.5 Å².